The summed E-state index contributed by atoms with van der Waals surface area (Å²) in [6, 6.07) is 0. The Morgan fingerprint density at radius 2 is 1.36 bits per heavy atom. The van der Waals surface area contributed by atoms with Crippen molar-refractivity contribution in [3.63, 3.8) is 0 Å². The van der Waals surface area contributed by atoms with Gasteiger partial charge in [0.05, 0.1) is 38.2 Å². The first-order chi connectivity index (χ1) is 15.6. The van der Waals surface area contributed by atoms with Crippen LogP contribution in [0.2, 0.25) is 0 Å². The fraction of sp³-hybridized carbons (Fsp3) is 0.500. The number of benzene rings is 1. The van der Waals surface area contributed by atoms with E-state index in [1.807, 2.05) is 67.8 Å². The van der Waals surface area contributed by atoms with Crippen molar-refractivity contribution in [1.82, 2.24) is 10.6 Å². The minimum absolute atomic E-state index is 0.0421. The molecule has 2 atom stereocenters. The maximum atomic E-state index is 12.4. The molecule has 0 aliphatic carbocycles. The van der Waals surface area contributed by atoms with Gasteiger partial charge in [0, 0.05) is 26.1 Å². The van der Waals surface area contributed by atoms with Gasteiger partial charge < -0.3 is 45.4 Å². The predicted molar refractivity (Wildman–Crippen MR) is 140 cm³/mol. The molecule has 1 fully saturated rings. The van der Waals surface area contributed by atoms with E-state index in [0.717, 1.165) is 0 Å². The second-order valence-corrected chi connectivity index (χ2v) is 10.0. The summed E-state index contributed by atoms with van der Waals surface area (Å²) in [6.45, 7) is -1.14. The zero-order chi connectivity index (χ0) is 24.7. The van der Waals surface area contributed by atoms with Crippen LogP contribution in [0.5, 0.6) is 11.5 Å². The predicted octanol–water partition coefficient (Wildman–Crippen LogP) is 0.510. The Morgan fingerprint density at radius 3 is 1.73 bits per heavy atom. The minimum atomic E-state index is -1.16. The van der Waals surface area contributed by atoms with Gasteiger partial charge in [-0.25, -0.2) is 9.59 Å². The van der Waals surface area contributed by atoms with E-state index in [0.29, 0.717) is 32.2 Å². The second kappa shape index (κ2) is 13.4. The van der Waals surface area contributed by atoms with Crippen molar-refractivity contribution in [3.05, 3.63) is 10.7 Å². The molecule has 12 nitrogen and oxygen atoms in total. The quantitative estimate of drug-likeness (QED) is 0.194. The maximum Gasteiger partial charge on any atom is 0.412 e. The van der Waals surface area contributed by atoms with E-state index < -0.39 is 37.6 Å². The maximum absolute atomic E-state index is 12.4. The SMILES string of the molecule is O=C(NCC(O)CO)Oc1c(I)c(OC(=O)NCC(O)CO)c(I)c(N2CCCC2=O)c1I. The van der Waals surface area contributed by atoms with Crippen molar-refractivity contribution in [2.24, 2.45) is 0 Å². The average molecular weight is 805 g/mol. The van der Waals surface area contributed by atoms with Crippen molar-refractivity contribution >= 4 is 91.6 Å². The Labute approximate surface area is 229 Å². The standard InChI is InChI=1S/C18H22I3N3O9/c19-11-14(24-3-1-2-10(24)29)12(20)16(33-18(31)23-5-9(28)7-26)13(21)15(11)32-17(30)22-4-8(27)6-25/h8-9,25-28H,1-7H2,(H,22,30)(H,23,31). The molecule has 1 aliphatic heterocycles. The Hall–Kier alpha value is -0.740. The molecule has 2 unspecified atom stereocenters. The molecular weight excluding hydrogens is 783 g/mol. The second-order valence-electron chi connectivity index (χ2n) is 6.81. The van der Waals surface area contributed by atoms with Crippen LogP contribution >= 0.6 is 67.8 Å². The molecule has 3 amide bonds. The number of aliphatic hydroxyl groups excluding tert-OH is 4. The molecule has 1 aromatic carbocycles. The third kappa shape index (κ3) is 7.62. The van der Waals surface area contributed by atoms with E-state index in [4.69, 9.17) is 19.7 Å². The number of hydrogen-bond acceptors (Lipinski definition) is 9. The lowest BCUT2D eigenvalue weighted by atomic mass is 10.2. The third-order valence-corrected chi connectivity index (χ3v) is 7.31. The Balaban J connectivity index is 2.41. The van der Waals surface area contributed by atoms with Gasteiger partial charge in [0.2, 0.25) is 5.91 Å². The highest BCUT2D eigenvalue weighted by Crippen LogP contribution is 2.46. The van der Waals surface area contributed by atoms with E-state index in [9.17, 15) is 24.6 Å². The minimum Gasteiger partial charge on any atom is -0.408 e. The van der Waals surface area contributed by atoms with Crippen LogP contribution in [0.25, 0.3) is 0 Å². The van der Waals surface area contributed by atoms with Gasteiger partial charge in [-0.3, -0.25) is 4.79 Å². The molecule has 1 saturated heterocycles. The molecule has 0 saturated carbocycles. The number of nitrogens with zero attached hydrogens (tertiary/aromatic N) is 1. The summed E-state index contributed by atoms with van der Waals surface area (Å²) < 4.78 is 12.0. The van der Waals surface area contributed by atoms with Crippen LogP contribution in [0, 0.1) is 10.7 Å². The van der Waals surface area contributed by atoms with E-state index in [1.54, 1.807) is 0 Å². The van der Waals surface area contributed by atoms with E-state index >= 15 is 0 Å². The number of halogens is 3. The van der Waals surface area contributed by atoms with Crippen LogP contribution in [0.3, 0.4) is 0 Å². The van der Waals surface area contributed by atoms with Gasteiger partial charge in [-0.1, -0.05) is 0 Å². The van der Waals surface area contributed by atoms with Crippen molar-refractivity contribution in [3.8, 4) is 11.5 Å². The molecule has 1 heterocycles. The summed E-state index contributed by atoms with van der Waals surface area (Å²) in [5.41, 5.74) is 0.426. The first kappa shape index (κ1) is 28.5. The molecular formula is C18H22I3N3O9. The van der Waals surface area contributed by atoms with Crippen LogP contribution < -0.4 is 25.0 Å². The normalized spacial score (nSPS) is 15.2. The van der Waals surface area contributed by atoms with Crippen LogP contribution in [0.15, 0.2) is 0 Å². The van der Waals surface area contributed by atoms with Crippen molar-refractivity contribution < 1.29 is 44.3 Å². The molecule has 6 N–H and O–H groups in total. The van der Waals surface area contributed by atoms with Crippen LogP contribution in [0.1, 0.15) is 12.8 Å². The largest absolute Gasteiger partial charge is 0.412 e. The third-order valence-electron chi connectivity index (χ3n) is 4.33. The molecule has 0 radical (unpaired) electrons. The Bertz CT molecular complexity index is 848. The molecule has 184 valence electrons. The number of ether oxygens (including phenoxy) is 2. The zero-order valence-electron chi connectivity index (χ0n) is 17.0. The molecule has 0 spiro atoms. The highest BCUT2D eigenvalue weighted by atomic mass is 127. The van der Waals surface area contributed by atoms with E-state index in [1.165, 1.54) is 4.90 Å². The fourth-order valence-electron chi connectivity index (χ4n) is 2.70. The lowest BCUT2D eigenvalue weighted by Gasteiger charge is -2.24. The fourth-order valence-corrected chi connectivity index (χ4v) is 6.89. The number of carbonyl (C=O) groups excluding carboxylic acids is 3. The molecule has 0 bridgehead atoms. The van der Waals surface area contributed by atoms with E-state index in [2.05, 4.69) is 10.6 Å². The summed E-state index contributed by atoms with van der Waals surface area (Å²) >= 11 is 5.72. The first-order valence-corrected chi connectivity index (χ1v) is 12.8. The average Bonchev–Trinajstić information content (AvgIpc) is 3.21. The Kier molecular flexibility index (Phi) is 11.6. The van der Waals surface area contributed by atoms with E-state index in [-0.39, 0.29) is 34.1 Å². The lowest BCUT2D eigenvalue weighted by molar-refractivity contribution is -0.117. The number of hydrogen-bond donors (Lipinski definition) is 6. The van der Waals surface area contributed by atoms with Gasteiger partial charge in [0.15, 0.2) is 11.5 Å². The number of amides is 3. The highest BCUT2D eigenvalue weighted by molar-refractivity contribution is 14.1. The van der Waals surface area contributed by atoms with Gasteiger partial charge in [0.25, 0.3) is 0 Å². The molecule has 33 heavy (non-hydrogen) atoms. The molecule has 15 heteroatoms. The monoisotopic (exact) mass is 805 g/mol. The van der Waals surface area contributed by atoms with Crippen LogP contribution in [0.4, 0.5) is 15.3 Å². The van der Waals surface area contributed by atoms with Gasteiger partial charge in [-0.05, 0) is 74.2 Å². The summed E-state index contributed by atoms with van der Waals surface area (Å²) in [5.74, 6) is -0.0454. The summed E-state index contributed by atoms with van der Waals surface area (Å²) in [4.78, 5) is 38.5. The van der Waals surface area contributed by atoms with Crippen molar-refractivity contribution in [2.75, 3.05) is 37.7 Å². The number of anilines is 1. The van der Waals surface area contributed by atoms with Crippen molar-refractivity contribution in [2.45, 2.75) is 25.0 Å². The number of rotatable bonds is 9. The molecule has 0 aromatic heterocycles. The van der Waals surface area contributed by atoms with Crippen molar-refractivity contribution in [1.29, 1.82) is 0 Å². The number of nitrogens with one attached hydrogen (secondary N) is 2. The summed E-state index contributed by atoms with van der Waals surface area (Å²) in [7, 11) is 0. The van der Waals surface area contributed by atoms with Gasteiger partial charge >= 0.3 is 12.2 Å². The van der Waals surface area contributed by atoms with Gasteiger partial charge in [-0.2, -0.15) is 0 Å². The zero-order valence-corrected chi connectivity index (χ0v) is 23.5. The smallest absolute Gasteiger partial charge is 0.408 e. The Morgan fingerprint density at radius 1 is 0.909 bits per heavy atom. The van der Waals surface area contributed by atoms with Crippen LogP contribution in [-0.2, 0) is 4.79 Å². The van der Waals surface area contributed by atoms with Crippen LogP contribution in [-0.4, -0.2) is 83.6 Å². The van der Waals surface area contributed by atoms with Gasteiger partial charge in [0.1, 0.15) is 3.57 Å². The molecule has 1 aromatic rings. The topological polar surface area (TPSA) is 178 Å². The summed E-state index contributed by atoms with van der Waals surface area (Å²) in [6.07, 6.45) is -3.17. The number of aliphatic hydroxyl groups is 4. The lowest BCUT2D eigenvalue weighted by Crippen LogP contribution is -2.37. The first-order valence-electron chi connectivity index (χ1n) is 9.60. The number of carbonyl (C=O) groups is 3. The molecule has 2 rings (SSSR count). The molecule has 1 aliphatic rings. The highest BCUT2D eigenvalue weighted by Gasteiger charge is 2.32. The summed E-state index contributed by atoms with van der Waals surface area (Å²) in [5, 5.41) is 41.2. The van der Waals surface area contributed by atoms with Gasteiger partial charge in [-0.15, -0.1) is 0 Å².